The lowest BCUT2D eigenvalue weighted by molar-refractivity contribution is -0.124. The Balaban J connectivity index is 1.38. The molecule has 0 unspecified atom stereocenters. The van der Waals surface area contributed by atoms with Crippen LogP contribution in [-0.2, 0) is 16.1 Å². The summed E-state index contributed by atoms with van der Waals surface area (Å²) >= 11 is 0. The summed E-state index contributed by atoms with van der Waals surface area (Å²) in [6, 6.07) is 7.63. The fourth-order valence-corrected chi connectivity index (χ4v) is 3.92. The zero-order valence-electron chi connectivity index (χ0n) is 16.4. The predicted molar refractivity (Wildman–Crippen MR) is 105 cm³/mol. The fourth-order valence-electron chi connectivity index (χ4n) is 3.92. The molecule has 0 bridgehead atoms. The van der Waals surface area contributed by atoms with E-state index in [1.165, 1.54) is 29.4 Å². The molecule has 1 aliphatic carbocycles. The van der Waals surface area contributed by atoms with Crippen LogP contribution in [0.25, 0.3) is 0 Å². The minimum Gasteiger partial charge on any atom is -0.467 e. The molecule has 0 atom stereocenters. The first kappa shape index (κ1) is 19.9. The number of hydrogen-bond acceptors (Lipinski definition) is 6. The minimum absolute atomic E-state index is 0.0839. The van der Waals surface area contributed by atoms with Gasteiger partial charge in [-0.25, -0.2) is 4.79 Å². The lowest BCUT2D eigenvalue weighted by Crippen LogP contribution is -2.40. The standard InChI is InChI=1S/C22H22N2O6/c25-19(23-12-16-7-4-10-29-16)13-30-22(28)14-8-9-17-18(11-14)21(27)24(20(17)26)15-5-2-1-3-6-15/h4,7-11,15H,1-3,5-6,12-13H2,(H,23,25). The first-order chi connectivity index (χ1) is 14.5. The zero-order chi connectivity index (χ0) is 21.1. The molecule has 8 heteroatoms. The number of hydrogen-bond donors (Lipinski definition) is 1. The van der Waals surface area contributed by atoms with Gasteiger partial charge in [0.2, 0.25) is 0 Å². The number of fused-ring (bicyclic) bond motifs is 1. The number of carbonyl (C=O) groups is 4. The molecule has 2 aliphatic rings. The van der Waals surface area contributed by atoms with Gasteiger partial charge >= 0.3 is 5.97 Å². The van der Waals surface area contributed by atoms with Gasteiger partial charge < -0.3 is 14.5 Å². The monoisotopic (exact) mass is 410 g/mol. The highest BCUT2D eigenvalue weighted by molar-refractivity contribution is 6.22. The summed E-state index contributed by atoms with van der Waals surface area (Å²) in [7, 11) is 0. The van der Waals surface area contributed by atoms with Gasteiger partial charge in [0, 0.05) is 6.04 Å². The Morgan fingerprint density at radius 2 is 1.83 bits per heavy atom. The Labute approximate surface area is 173 Å². The smallest absolute Gasteiger partial charge is 0.338 e. The minimum atomic E-state index is -0.734. The average molecular weight is 410 g/mol. The highest BCUT2D eigenvalue weighted by atomic mass is 16.5. The van der Waals surface area contributed by atoms with Crippen molar-refractivity contribution in [3.63, 3.8) is 0 Å². The third-order valence-electron chi connectivity index (χ3n) is 5.47. The fraction of sp³-hybridized carbons (Fsp3) is 0.364. The van der Waals surface area contributed by atoms with Gasteiger partial charge in [-0.3, -0.25) is 19.3 Å². The van der Waals surface area contributed by atoms with Crippen LogP contribution in [0.5, 0.6) is 0 Å². The molecule has 0 spiro atoms. The molecule has 1 aromatic carbocycles. The third-order valence-corrected chi connectivity index (χ3v) is 5.47. The van der Waals surface area contributed by atoms with Crippen LogP contribution in [0.1, 0.15) is 68.9 Å². The second-order valence-electron chi connectivity index (χ2n) is 7.46. The second-order valence-corrected chi connectivity index (χ2v) is 7.46. The molecule has 1 aromatic heterocycles. The molecular weight excluding hydrogens is 388 g/mol. The Morgan fingerprint density at radius 3 is 2.57 bits per heavy atom. The van der Waals surface area contributed by atoms with Crippen LogP contribution in [0.4, 0.5) is 0 Å². The van der Waals surface area contributed by atoms with E-state index in [9.17, 15) is 19.2 Å². The lowest BCUT2D eigenvalue weighted by Gasteiger charge is -2.29. The SMILES string of the molecule is O=C(COC(=O)c1ccc2c(c1)C(=O)N(C1CCCCC1)C2=O)NCc1ccco1. The van der Waals surface area contributed by atoms with Crippen LogP contribution >= 0.6 is 0 Å². The first-order valence-corrected chi connectivity index (χ1v) is 10.0. The highest BCUT2D eigenvalue weighted by Crippen LogP contribution is 2.31. The largest absolute Gasteiger partial charge is 0.467 e. The van der Waals surface area contributed by atoms with Gasteiger partial charge in [0.25, 0.3) is 17.7 Å². The summed E-state index contributed by atoms with van der Waals surface area (Å²) in [6.45, 7) is -0.270. The number of nitrogens with one attached hydrogen (secondary N) is 1. The van der Waals surface area contributed by atoms with Crippen LogP contribution in [0.3, 0.4) is 0 Å². The number of esters is 1. The predicted octanol–water partition coefficient (Wildman–Crippen LogP) is 2.68. The maximum Gasteiger partial charge on any atom is 0.338 e. The van der Waals surface area contributed by atoms with Gasteiger partial charge in [-0.2, -0.15) is 0 Å². The van der Waals surface area contributed by atoms with Crippen molar-refractivity contribution in [2.45, 2.75) is 44.7 Å². The van der Waals surface area contributed by atoms with E-state index in [1.807, 2.05) is 0 Å². The molecule has 8 nitrogen and oxygen atoms in total. The molecule has 1 N–H and O–H groups in total. The Kier molecular flexibility index (Phi) is 5.65. The number of carbonyl (C=O) groups excluding carboxylic acids is 4. The van der Waals surface area contributed by atoms with Crippen molar-refractivity contribution >= 4 is 23.7 Å². The molecule has 30 heavy (non-hydrogen) atoms. The van der Waals surface area contributed by atoms with E-state index < -0.39 is 18.5 Å². The molecule has 3 amide bonds. The number of imide groups is 1. The van der Waals surface area contributed by atoms with Crippen molar-refractivity contribution in [3.05, 3.63) is 59.0 Å². The van der Waals surface area contributed by atoms with E-state index in [1.54, 1.807) is 12.1 Å². The second kappa shape index (κ2) is 8.52. The van der Waals surface area contributed by atoms with Crippen molar-refractivity contribution in [1.82, 2.24) is 10.2 Å². The molecule has 1 aliphatic heterocycles. The van der Waals surface area contributed by atoms with E-state index in [0.29, 0.717) is 11.3 Å². The van der Waals surface area contributed by atoms with Gasteiger partial charge in [-0.05, 0) is 43.2 Å². The van der Waals surface area contributed by atoms with E-state index in [0.717, 1.165) is 32.1 Å². The molecule has 0 saturated heterocycles. The molecule has 2 aromatic rings. The molecule has 2 heterocycles. The topological polar surface area (TPSA) is 106 Å². The van der Waals surface area contributed by atoms with Gasteiger partial charge in [-0.15, -0.1) is 0 Å². The van der Waals surface area contributed by atoms with Crippen molar-refractivity contribution in [2.24, 2.45) is 0 Å². The summed E-state index contributed by atoms with van der Waals surface area (Å²) in [6.07, 6.45) is 6.23. The Bertz CT molecular complexity index is 976. The number of rotatable bonds is 6. The quantitative estimate of drug-likeness (QED) is 0.580. The van der Waals surface area contributed by atoms with Gasteiger partial charge in [0.05, 0.1) is 29.5 Å². The van der Waals surface area contributed by atoms with E-state index in [4.69, 9.17) is 9.15 Å². The summed E-state index contributed by atoms with van der Waals surface area (Å²) in [5, 5.41) is 2.57. The average Bonchev–Trinajstić information content (AvgIpc) is 3.37. The van der Waals surface area contributed by atoms with Crippen molar-refractivity contribution in [3.8, 4) is 0 Å². The van der Waals surface area contributed by atoms with Gasteiger partial charge in [-0.1, -0.05) is 19.3 Å². The van der Waals surface area contributed by atoms with Crippen molar-refractivity contribution in [2.75, 3.05) is 6.61 Å². The normalized spacial score (nSPS) is 16.5. The van der Waals surface area contributed by atoms with Crippen LogP contribution < -0.4 is 5.32 Å². The van der Waals surface area contributed by atoms with Crippen molar-refractivity contribution < 1.29 is 28.3 Å². The van der Waals surface area contributed by atoms with Crippen LogP contribution in [0, 0.1) is 0 Å². The zero-order valence-corrected chi connectivity index (χ0v) is 16.4. The molecular formula is C22H22N2O6. The maximum atomic E-state index is 12.8. The van der Waals surface area contributed by atoms with Crippen LogP contribution in [-0.4, -0.2) is 41.2 Å². The molecule has 156 valence electrons. The highest BCUT2D eigenvalue weighted by Gasteiger charge is 2.40. The number of amides is 3. The Hall–Kier alpha value is -3.42. The molecule has 1 fully saturated rings. The van der Waals surface area contributed by atoms with Crippen molar-refractivity contribution in [1.29, 1.82) is 0 Å². The number of nitrogens with zero attached hydrogens (tertiary/aromatic N) is 1. The Morgan fingerprint density at radius 1 is 1.07 bits per heavy atom. The number of benzene rings is 1. The van der Waals surface area contributed by atoms with E-state index >= 15 is 0 Å². The molecule has 4 rings (SSSR count). The summed E-state index contributed by atoms with van der Waals surface area (Å²) in [5.74, 6) is -1.30. The first-order valence-electron chi connectivity index (χ1n) is 10.0. The number of ether oxygens (including phenoxy) is 1. The van der Waals surface area contributed by atoms with Crippen LogP contribution in [0.2, 0.25) is 0 Å². The number of furan rings is 1. The van der Waals surface area contributed by atoms with Gasteiger partial charge in [0.1, 0.15) is 5.76 Å². The lowest BCUT2D eigenvalue weighted by atomic mass is 9.94. The summed E-state index contributed by atoms with van der Waals surface area (Å²) in [5.41, 5.74) is 0.639. The molecule has 1 saturated carbocycles. The third kappa shape index (κ3) is 3.98. The van der Waals surface area contributed by atoms with E-state index in [-0.39, 0.29) is 35.5 Å². The molecule has 0 radical (unpaired) electrons. The maximum absolute atomic E-state index is 12.8. The summed E-state index contributed by atoms with van der Waals surface area (Å²) < 4.78 is 10.1. The van der Waals surface area contributed by atoms with E-state index in [2.05, 4.69) is 5.32 Å². The van der Waals surface area contributed by atoms with Crippen LogP contribution in [0.15, 0.2) is 41.0 Å². The summed E-state index contributed by atoms with van der Waals surface area (Å²) in [4.78, 5) is 51.0. The van der Waals surface area contributed by atoms with Gasteiger partial charge in [0.15, 0.2) is 6.61 Å².